The van der Waals surface area contributed by atoms with Crippen molar-refractivity contribution < 1.29 is 9.31 Å². The maximum Gasteiger partial charge on any atom is 0.277 e. The average Bonchev–Trinajstić information content (AvgIpc) is 2.41. The van der Waals surface area contributed by atoms with Gasteiger partial charge in [0.25, 0.3) is 5.69 Å². The van der Waals surface area contributed by atoms with Gasteiger partial charge < -0.3 is 0 Å². The lowest BCUT2D eigenvalue weighted by Crippen LogP contribution is -1.93. The third kappa shape index (κ3) is 2.54. The van der Waals surface area contributed by atoms with E-state index in [0.717, 1.165) is 0 Å². The van der Waals surface area contributed by atoms with E-state index in [2.05, 4.69) is 22.4 Å². The Balaban J connectivity index is 2.69. The Bertz CT molecular complexity index is 697. The highest BCUT2D eigenvalue weighted by Crippen LogP contribution is 2.34. The molecule has 0 bridgehead atoms. The van der Waals surface area contributed by atoms with Crippen molar-refractivity contribution in [3.8, 4) is 11.1 Å². The molecule has 0 N–H and O–H groups in total. The SMILES string of the molecule is O=[N+]([O-])c1ccccc1-c1cccc(N=C=S)c1F. The van der Waals surface area contributed by atoms with E-state index in [1.54, 1.807) is 12.1 Å². The Hall–Kier alpha value is -2.43. The topological polar surface area (TPSA) is 55.5 Å². The number of halogens is 1. The van der Waals surface area contributed by atoms with Crippen LogP contribution in [0.3, 0.4) is 0 Å². The molecule has 0 aliphatic heterocycles. The Morgan fingerprint density at radius 2 is 1.84 bits per heavy atom. The maximum atomic E-state index is 14.2. The maximum absolute atomic E-state index is 14.2. The van der Waals surface area contributed by atoms with Gasteiger partial charge in [-0.1, -0.05) is 24.3 Å². The summed E-state index contributed by atoms with van der Waals surface area (Å²) in [7, 11) is 0. The Kier molecular flexibility index (Phi) is 3.75. The molecular formula is C13H7FN2O2S. The molecule has 0 aliphatic rings. The summed E-state index contributed by atoms with van der Waals surface area (Å²) in [5, 5.41) is 13.0. The van der Waals surface area contributed by atoms with Gasteiger partial charge in [-0.2, -0.15) is 4.99 Å². The number of aliphatic imine (C=N–C) groups is 1. The number of benzene rings is 2. The molecule has 0 fully saturated rings. The summed E-state index contributed by atoms with van der Waals surface area (Å²) >= 11 is 4.43. The van der Waals surface area contributed by atoms with Crippen LogP contribution in [0.4, 0.5) is 15.8 Å². The van der Waals surface area contributed by atoms with Crippen LogP contribution >= 0.6 is 12.2 Å². The van der Waals surface area contributed by atoms with Crippen LogP contribution in [0.15, 0.2) is 47.5 Å². The van der Waals surface area contributed by atoms with E-state index in [1.165, 1.54) is 30.3 Å². The fraction of sp³-hybridized carbons (Fsp3) is 0. The second-order valence-electron chi connectivity index (χ2n) is 3.62. The molecular weight excluding hydrogens is 267 g/mol. The second-order valence-corrected chi connectivity index (χ2v) is 3.80. The molecule has 0 spiro atoms. The first-order valence-corrected chi connectivity index (χ1v) is 5.66. The molecule has 0 saturated heterocycles. The van der Waals surface area contributed by atoms with Crippen LogP contribution in [0, 0.1) is 15.9 Å². The standard InChI is InChI=1S/C13H7FN2O2S/c14-13-10(5-3-6-11(13)15-8-19)9-4-1-2-7-12(9)16(17)18/h1-7H. The molecule has 0 aromatic heterocycles. The summed E-state index contributed by atoms with van der Waals surface area (Å²) in [5.74, 6) is -0.658. The zero-order chi connectivity index (χ0) is 13.8. The van der Waals surface area contributed by atoms with Crippen molar-refractivity contribution in [1.82, 2.24) is 0 Å². The molecule has 4 nitrogen and oxygen atoms in total. The summed E-state index contributed by atoms with van der Waals surface area (Å²) < 4.78 is 14.2. The van der Waals surface area contributed by atoms with Crippen molar-refractivity contribution in [3.05, 3.63) is 58.4 Å². The first-order chi connectivity index (χ1) is 9.15. The molecule has 2 aromatic rings. The zero-order valence-corrected chi connectivity index (χ0v) is 10.4. The summed E-state index contributed by atoms with van der Waals surface area (Å²) in [4.78, 5) is 14.0. The lowest BCUT2D eigenvalue weighted by atomic mass is 10.0. The van der Waals surface area contributed by atoms with Crippen molar-refractivity contribution in [3.63, 3.8) is 0 Å². The Labute approximate surface area is 113 Å². The number of nitro groups is 1. The monoisotopic (exact) mass is 274 g/mol. The van der Waals surface area contributed by atoms with Crippen LogP contribution in [0.2, 0.25) is 0 Å². The predicted octanol–water partition coefficient (Wildman–Crippen LogP) is 4.14. The number of para-hydroxylation sites is 1. The van der Waals surface area contributed by atoms with Gasteiger partial charge >= 0.3 is 0 Å². The fourth-order valence-electron chi connectivity index (χ4n) is 1.72. The Morgan fingerprint density at radius 3 is 2.53 bits per heavy atom. The number of nitrogens with zero attached hydrogens (tertiary/aromatic N) is 2. The smallest absolute Gasteiger partial charge is 0.258 e. The molecule has 0 radical (unpaired) electrons. The van der Waals surface area contributed by atoms with Gasteiger partial charge in [0, 0.05) is 11.6 Å². The van der Waals surface area contributed by atoms with Gasteiger partial charge in [-0.25, -0.2) is 4.39 Å². The summed E-state index contributed by atoms with van der Waals surface area (Å²) in [6.45, 7) is 0. The van der Waals surface area contributed by atoms with Gasteiger partial charge in [0.05, 0.1) is 15.6 Å². The highest BCUT2D eigenvalue weighted by atomic mass is 32.1. The minimum Gasteiger partial charge on any atom is -0.258 e. The minimum atomic E-state index is -0.658. The van der Waals surface area contributed by atoms with E-state index in [9.17, 15) is 14.5 Å². The van der Waals surface area contributed by atoms with Crippen LogP contribution in [-0.2, 0) is 0 Å². The number of rotatable bonds is 3. The van der Waals surface area contributed by atoms with Gasteiger partial charge in [0.1, 0.15) is 5.69 Å². The van der Waals surface area contributed by atoms with E-state index >= 15 is 0 Å². The normalized spacial score (nSPS) is 9.74. The third-order valence-corrected chi connectivity index (χ3v) is 2.63. The van der Waals surface area contributed by atoms with Crippen LogP contribution < -0.4 is 0 Å². The average molecular weight is 274 g/mol. The number of isothiocyanates is 1. The fourth-order valence-corrected chi connectivity index (χ4v) is 1.82. The molecule has 6 heteroatoms. The molecule has 19 heavy (non-hydrogen) atoms. The van der Waals surface area contributed by atoms with E-state index in [-0.39, 0.29) is 22.5 Å². The van der Waals surface area contributed by atoms with E-state index in [1.807, 2.05) is 0 Å². The quantitative estimate of drug-likeness (QED) is 0.366. The summed E-state index contributed by atoms with van der Waals surface area (Å²) in [5.41, 5.74) is 0.153. The van der Waals surface area contributed by atoms with Crippen LogP contribution in [0.25, 0.3) is 11.1 Å². The van der Waals surface area contributed by atoms with Gasteiger partial charge in [0.15, 0.2) is 5.82 Å². The highest BCUT2D eigenvalue weighted by molar-refractivity contribution is 7.78. The lowest BCUT2D eigenvalue weighted by molar-refractivity contribution is -0.384. The van der Waals surface area contributed by atoms with Gasteiger partial charge in [-0.3, -0.25) is 10.1 Å². The molecule has 0 saturated carbocycles. The molecule has 0 unspecified atom stereocenters. The first kappa shape index (κ1) is 13.0. The van der Waals surface area contributed by atoms with Crippen molar-refractivity contribution in [2.24, 2.45) is 4.99 Å². The summed E-state index contributed by atoms with van der Waals surface area (Å²) in [6, 6.07) is 10.4. The number of thiocarbonyl (C=S) groups is 1. The van der Waals surface area contributed by atoms with Crippen LogP contribution in [-0.4, -0.2) is 10.1 Å². The zero-order valence-electron chi connectivity index (χ0n) is 9.54. The van der Waals surface area contributed by atoms with Crippen molar-refractivity contribution >= 4 is 28.8 Å². The Morgan fingerprint density at radius 1 is 1.16 bits per heavy atom. The number of nitro benzene ring substituents is 1. The highest BCUT2D eigenvalue weighted by Gasteiger charge is 2.18. The van der Waals surface area contributed by atoms with Gasteiger partial charge in [0.2, 0.25) is 0 Å². The van der Waals surface area contributed by atoms with Crippen molar-refractivity contribution in [2.45, 2.75) is 0 Å². The second kappa shape index (κ2) is 5.48. The molecule has 0 amide bonds. The molecule has 2 aromatic carbocycles. The molecule has 0 aliphatic carbocycles. The first-order valence-electron chi connectivity index (χ1n) is 5.25. The number of hydrogen-bond donors (Lipinski definition) is 0. The van der Waals surface area contributed by atoms with E-state index in [4.69, 9.17) is 0 Å². The van der Waals surface area contributed by atoms with Crippen LogP contribution in [0.5, 0.6) is 0 Å². The third-order valence-electron chi connectivity index (χ3n) is 2.54. The van der Waals surface area contributed by atoms with Crippen LogP contribution in [0.1, 0.15) is 0 Å². The largest absolute Gasteiger partial charge is 0.277 e. The van der Waals surface area contributed by atoms with E-state index in [0.29, 0.717) is 0 Å². The van der Waals surface area contributed by atoms with Gasteiger partial charge in [-0.15, -0.1) is 0 Å². The number of hydrogen-bond acceptors (Lipinski definition) is 4. The van der Waals surface area contributed by atoms with Crippen molar-refractivity contribution in [2.75, 3.05) is 0 Å². The van der Waals surface area contributed by atoms with E-state index < -0.39 is 10.7 Å². The summed E-state index contributed by atoms with van der Waals surface area (Å²) in [6.07, 6.45) is 0. The molecule has 0 atom stereocenters. The molecule has 2 rings (SSSR count). The van der Waals surface area contributed by atoms with Gasteiger partial charge in [-0.05, 0) is 24.4 Å². The minimum absolute atomic E-state index is 0.00523. The molecule has 0 heterocycles. The predicted molar refractivity (Wildman–Crippen MR) is 73.2 cm³/mol. The van der Waals surface area contributed by atoms with Crippen molar-refractivity contribution in [1.29, 1.82) is 0 Å². The lowest BCUT2D eigenvalue weighted by Gasteiger charge is -2.05. The molecule has 94 valence electrons.